The molecule has 1 aliphatic heterocycles. The molecular weight excluding hydrogens is 296 g/mol. The van der Waals surface area contributed by atoms with Crippen LogP contribution >= 0.6 is 15.9 Å². The van der Waals surface area contributed by atoms with Gasteiger partial charge in [-0.05, 0) is 60.4 Å². The average molecular weight is 315 g/mol. The molecule has 18 heavy (non-hydrogen) atoms. The summed E-state index contributed by atoms with van der Waals surface area (Å²) in [5.74, 6) is -0.0734. The van der Waals surface area contributed by atoms with Crippen LogP contribution in [0.4, 0.5) is 0 Å². The summed E-state index contributed by atoms with van der Waals surface area (Å²) in [5, 5.41) is 3.00. The molecule has 5 heteroatoms. The van der Waals surface area contributed by atoms with Crippen LogP contribution in [0.25, 0.3) is 0 Å². The van der Waals surface area contributed by atoms with Crippen molar-refractivity contribution in [2.75, 3.05) is 26.7 Å². The van der Waals surface area contributed by atoms with Crippen molar-refractivity contribution in [3.8, 4) is 0 Å². The van der Waals surface area contributed by atoms with Gasteiger partial charge in [0.15, 0.2) is 4.67 Å². The Morgan fingerprint density at radius 1 is 1.56 bits per heavy atom. The van der Waals surface area contributed by atoms with Crippen LogP contribution < -0.4 is 5.32 Å². The van der Waals surface area contributed by atoms with Crippen molar-refractivity contribution in [1.82, 2.24) is 10.2 Å². The number of carbonyl (C=O) groups excluding carboxylic acids is 1. The molecule has 0 bridgehead atoms. The molecule has 1 aromatic heterocycles. The summed E-state index contributed by atoms with van der Waals surface area (Å²) < 4.78 is 5.56. The standard InChI is InChI=1S/C13H19BrN2O2/c1-13(4-6-16(2)7-5-13)9-15-12(17)10-3-8-18-11(10)14/h3,8H,4-7,9H2,1-2H3,(H,15,17). The zero-order valence-corrected chi connectivity index (χ0v) is 12.4. The summed E-state index contributed by atoms with van der Waals surface area (Å²) in [6.45, 7) is 5.16. The van der Waals surface area contributed by atoms with Gasteiger partial charge in [0.2, 0.25) is 0 Å². The number of piperidine rings is 1. The minimum Gasteiger partial charge on any atom is -0.457 e. The largest absolute Gasteiger partial charge is 0.457 e. The van der Waals surface area contributed by atoms with Crippen LogP contribution in [0.3, 0.4) is 0 Å². The van der Waals surface area contributed by atoms with E-state index >= 15 is 0 Å². The second-order valence-electron chi connectivity index (χ2n) is 5.40. The summed E-state index contributed by atoms with van der Waals surface area (Å²) in [6.07, 6.45) is 3.75. The maximum absolute atomic E-state index is 12.0. The maximum Gasteiger partial charge on any atom is 0.255 e. The van der Waals surface area contributed by atoms with Crippen LogP contribution in [0.15, 0.2) is 21.4 Å². The van der Waals surface area contributed by atoms with Crippen LogP contribution in [0.1, 0.15) is 30.1 Å². The third kappa shape index (κ3) is 3.14. The molecule has 1 fully saturated rings. The molecule has 0 aromatic carbocycles. The van der Waals surface area contributed by atoms with Gasteiger partial charge in [0.25, 0.3) is 5.91 Å². The van der Waals surface area contributed by atoms with Gasteiger partial charge in [-0.25, -0.2) is 0 Å². The molecule has 1 aliphatic rings. The van der Waals surface area contributed by atoms with Gasteiger partial charge in [0.05, 0.1) is 11.8 Å². The minimum absolute atomic E-state index is 0.0734. The third-order valence-corrected chi connectivity index (χ3v) is 4.35. The first-order valence-corrected chi connectivity index (χ1v) is 6.99. The van der Waals surface area contributed by atoms with Crippen molar-refractivity contribution in [2.24, 2.45) is 5.41 Å². The smallest absolute Gasteiger partial charge is 0.255 e. The molecule has 0 aliphatic carbocycles. The minimum atomic E-state index is -0.0734. The number of hydrogen-bond donors (Lipinski definition) is 1. The molecule has 1 saturated heterocycles. The van der Waals surface area contributed by atoms with E-state index in [1.54, 1.807) is 6.07 Å². The quantitative estimate of drug-likeness (QED) is 0.932. The molecule has 0 spiro atoms. The van der Waals surface area contributed by atoms with Gasteiger partial charge in [0.1, 0.15) is 0 Å². The van der Waals surface area contributed by atoms with E-state index in [9.17, 15) is 4.79 Å². The molecule has 2 heterocycles. The van der Waals surface area contributed by atoms with Gasteiger partial charge in [-0.2, -0.15) is 0 Å². The van der Waals surface area contributed by atoms with E-state index in [4.69, 9.17) is 4.42 Å². The van der Waals surface area contributed by atoms with E-state index < -0.39 is 0 Å². The number of amides is 1. The Bertz CT molecular complexity index is 422. The summed E-state index contributed by atoms with van der Waals surface area (Å²) in [6, 6.07) is 1.68. The number of likely N-dealkylation sites (tertiary alicyclic amines) is 1. The first-order valence-electron chi connectivity index (χ1n) is 6.20. The summed E-state index contributed by atoms with van der Waals surface area (Å²) in [5.41, 5.74) is 0.768. The van der Waals surface area contributed by atoms with Crippen molar-refractivity contribution in [3.05, 3.63) is 22.6 Å². The van der Waals surface area contributed by atoms with Crippen LogP contribution in [0, 0.1) is 5.41 Å². The van der Waals surface area contributed by atoms with Gasteiger partial charge in [-0.3, -0.25) is 4.79 Å². The Labute approximate surface area is 116 Å². The highest BCUT2D eigenvalue weighted by molar-refractivity contribution is 9.10. The lowest BCUT2D eigenvalue weighted by Gasteiger charge is -2.37. The fourth-order valence-electron chi connectivity index (χ4n) is 2.18. The Balaban J connectivity index is 1.88. The van der Waals surface area contributed by atoms with Crippen molar-refractivity contribution in [1.29, 1.82) is 0 Å². The summed E-state index contributed by atoms with van der Waals surface area (Å²) >= 11 is 3.22. The third-order valence-electron chi connectivity index (χ3n) is 3.73. The first kappa shape index (κ1) is 13.6. The summed E-state index contributed by atoms with van der Waals surface area (Å²) in [7, 11) is 2.14. The van der Waals surface area contributed by atoms with Crippen molar-refractivity contribution in [3.63, 3.8) is 0 Å². The number of halogens is 1. The van der Waals surface area contributed by atoms with E-state index in [0.29, 0.717) is 10.2 Å². The van der Waals surface area contributed by atoms with Crippen molar-refractivity contribution < 1.29 is 9.21 Å². The molecule has 100 valence electrons. The highest BCUT2D eigenvalue weighted by atomic mass is 79.9. The molecule has 0 atom stereocenters. The SMILES string of the molecule is CN1CCC(C)(CNC(=O)c2ccoc2Br)CC1. The van der Waals surface area contributed by atoms with Crippen LogP contribution in [0.5, 0.6) is 0 Å². The van der Waals surface area contributed by atoms with Gasteiger partial charge in [-0.1, -0.05) is 6.92 Å². The molecule has 0 radical (unpaired) electrons. The Morgan fingerprint density at radius 3 is 2.78 bits per heavy atom. The Hall–Kier alpha value is -0.810. The lowest BCUT2D eigenvalue weighted by Crippen LogP contribution is -2.43. The first-order chi connectivity index (χ1) is 8.50. The summed E-state index contributed by atoms with van der Waals surface area (Å²) in [4.78, 5) is 14.3. The molecule has 2 rings (SSSR count). The molecular formula is C13H19BrN2O2. The van der Waals surface area contributed by atoms with Crippen molar-refractivity contribution in [2.45, 2.75) is 19.8 Å². The normalized spacial score (nSPS) is 19.7. The van der Waals surface area contributed by atoms with Gasteiger partial charge >= 0.3 is 0 Å². The van der Waals surface area contributed by atoms with Crippen molar-refractivity contribution >= 4 is 21.8 Å². The van der Waals surface area contributed by atoms with E-state index in [0.717, 1.165) is 32.5 Å². The van der Waals surface area contributed by atoms with E-state index in [1.165, 1.54) is 6.26 Å². The van der Waals surface area contributed by atoms with Crippen LogP contribution in [-0.4, -0.2) is 37.5 Å². The number of hydrogen-bond acceptors (Lipinski definition) is 3. The predicted molar refractivity (Wildman–Crippen MR) is 73.6 cm³/mol. The highest BCUT2D eigenvalue weighted by Gasteiger charge is 2.29. The number of carbonyl (C=O) groups is 1. The second kappa shape index (κ2) is 5.45. The number of furan rings is 1. The topological polar surface area (TPSA) is 45.5 Å². The van der Waals surface area contributed by atoms with E-state index in [2.05, 4.69) is 40.1 Å². The molecule has 0 saturated carbocycles. The van der Waals surface area contributed by atoms with Gasteiger partial charge in [-0.15, -0.1) is 0 Å². The second-order valence-corrected chi connectivity index (χ2v) is 6.12. The number of nitrogens with one attached hydrogen (secondary N) is 1. The fraction of sp³-hybridized carbons (Fsp3) is 0.615. The lowest BCUT2D eigenvalue weighted by molar-refractivity contribution is 0.0890. The van der Waals surface area contributed by atoms with Gasteiger partial charge in [0, 0.05) is 6.54 Å². The van der Waals surface area contributed by atoms with Crippen LogP contribution in [0.2, 0.25) is 0 Å². The highest BCUT2D eigenvalue weighted by Crippen LogP contribution is 2.29. The molecule has 1 N–H and O–H groups in total. The van der Waals surface area contributed by atoms with E-state index in [-0.39, 0.29) is 11.3 Å². The van der Waals surface area contributed by atoms with E-state index in [1.807, 2.05) is 0 Å². The monoisotopic (exact) mass is 314 g/mol. The molecule has 0 unspecified atom stereocenters. The molecule has 1 amide bonds. The predicted octanol–water partition coefficient (Wildman–Crippen LogP) is 2.50. The Kier molecular flexibility index (Phi) is 4.12. The van der Waals surface area contributed by atoms with Crippen LogP contribution in [-0.2, 0) is 0 Å². The van der Waals surface area contributed by atoms with Gasteiger partial charge < -0.3 is 14.6 Å². The number of nitrogens with zero attached hydrogens (tertiary/aromatic N) is 1. The maximum atomic E-state index is 12.0. The Morgan fingerprint density at radius 2 is 2.22 bits per heavy atom. The zero-order chi connectivity index (χ0) is 13.2. The fourth-order valence-corrected chi connectivity index (χ4v) is 2.60. The number of rotatable bonds is 3. The molecule has 4 nitrogen and oxygen atoms in total. The molecule has 1 aromatic rings. The zero-order valence-electron chi connectivity index (χ0n) is 10.8. The average Bonchev–Trinajstić information content (AvgIpc) is 2.77. The lowest BCUT2D eigenvalue weighted by atomic mass is 9.80.